The molecular formula is C20H25N7O3. The zero-order valence-electron chi connectivity index (χ0n) is 16.8. The van der Waals surface area contributed by atoms with Crippen molar-refractivity contribution in [3.05, 3.63) is 47.8 Å². The number of aryl methyl sites for hydroxylation is 1. The minimum absolute atomic E-state index is 0.0466. The lowest BCUT2D eigenvalue weighted by Crippen LogP contribution is -2.54. The van der Waals surface area contributed by atoms with Gasteiger partial charge in [0, 0.05) is 37.9 Å². The summed E-state index contributed by atoms with van der Waals surface area (Å²) in [4.78, 5) is 49.1. The quantitative estimate of drug-likeness (QED) is 0.747. The molecule has 0 aromatic carbocycles. The SMILES string of the molecule is Cc1ncc2n1C(=O)N(C1CCN(C(=O)[C@@H](Cc3cccnc3)NC(N)=O)CC1)C2. The van der Waals surface area contributed by atoms with Crippen molar-refractivity contribution in [2.45, 2.75) is 44.8 Å². The van der Waals surface area contributed by atoms with Gasteiger partial charge in [-0.25, -0.2) is 14.6 Å². The molecule has 0 unspecified atom stereocenters. The van der Waals surface area contributed by atoms with Crippen molar-refractivity contribution in [2.24, 2.45) is 5.73 Å². The summed E-state index contributed by atoms with van der Waals surface area (Å²) < 4.78 is 1.65. The monoisotopic (exact) mass is 411 g/mol. The second kappa shape index (κ2) is 8.13. The van der Waals surface area contributed by atoms with Gasteiger partial charge in [0.05, 0.1) is 18.4 Å². The molecule has 0 bridgehead atoms. The van der Waals surface area contributed by atoms with E-state index in [9.17, 15) is 14.4 Å². The van der Waals surface area contributed by atoms with Crippen LogP contribution in [0.25, 0.3) is 0 Å². The maximum atomic E-state index is 13.1. The van der Waals surface area contributed by atoms with Crippen LogP contribution < -0.4 is 11.1 Å². The standard InChI is InChI=1S/C20H25N7O3/c1-13-23-11-16-12-26(20(30)27(13)16)15-4-7-25(8-5-15)18(28)17(24-19(21)29)9-14-3-2-6-22-10-14/h2-3,6,10-11,15,17H,4-5,7-9,12H2,1H3,(H3,21,24,29)/t17-/m1/s1. The van der Waals surface area contributed by atoms with Crippen molar-refractivity contribution in [2.75, 3.05) is 13.1 Å². The lowest BCUT2D eigenvalue weighted by atomic mass is 10.0. The number of amides is 4. The van der Waals surface area contributed by atoms with Gasteiger partial charge in [-0.15, -0.1) is 0 Å². The Bertz CT molecular complexity index is 951. The van der Waals surface area contributed by atoms with Crippen molar-refractivity contribution >= 4 is 18.0 Å². The maximum Gasteiger partial charge on any atom is 0.330 e. The normalized spacial score (nSPS) is 17.7. The van der Waals surface area contributed by atoms with Crippen LogP contribution in [-0.2, 0) is 17.8 Å². The Balaban J connectivity index is 1.38. The number of nitrogens with zero attached hydrogens (tertiary/aromatic N) is 5. The molecule has 158 valence electrons. The van der Waals surface area contributed by atoms with Gasteiger partial charge in [0.25, 0.3) is 0 Å². The van der Waals surface area contributed by atoms with E-state index in [0.717, 1.165) is 11.3 Å². The fourth-order valence-corrected chi connectivity index (χ4v) is 4.26. The molecule has 4 amide bonds. The Morgan fingerprint density at radius 2 is 2.07 bits per heavy atom. The summed E-state index contributed by atoms with van der Waals surface area (Å²) >= 11 is 0. The van der Waals surface area contributed by atoms with Crippen molar-refractivity contribution in [1.29, 1.82) is 0 Å². The van der Waals surface area contributed by atoms with Crippen molar-refractivity contribution in [3.63, 3.8) is 0 Å². The smallest absolute Gasteiger partial charge is 0.330 e. The zero-order valence-corrected chi connectivity index (χ0v) is 16.8. The number of imidazole rings is 1. The van der Waals surface area contributed by atoms with Crippen LogP contribution in [0.5, 0.6) is 0 Å². The Labute approximate surface area is 174 Å². The molecule has 3 N–H and O–H groups in total. The number of nitrogens with two attached hydrogens (primary N) is 1. The molecule has 10 heteroatoms. The van der Waals surface area contributed by atoms with E-state index in [0.29, 0.717) is 44.7 Å². The van der Waals surface area contributed by atoms with Gasteiger partial charge in [-0.1, -0.05) is 6.07 Å². The average molecular weight is 411 g/mol. The third-order valence-corrected chi connectivity index (χ3v) is 5.77. The molecule has 10 nitrogen and oxygen atoms in total. The van der Waals surface area contributed by atoms with E-state index in [-0.39, 0.29) is 18.0 Å². The summed E-state index contributed by atoms with van der Waals surface area (Å²) in [5.74, 6) is 0.524. The Morgan fingerprint density at radius 1 is 1.30 bits per heavy atom. The molecular weight excluding hydrogens is 386 g/mol. The molecule has 1 fully saturated rings. The fourth-order valence-electron chi connectivity index (χ4n) is 4.26. The largest absolute Gasteiger partial charge is 0.352 e. The molecule has 0 spiro atoms. The number of urea groups is 1. The van der Waals surface area contributed by atoms with Crippen LogP contribution in [0, 0.1) is 6.92 Å². The third-order valence-electron chi connectivity index (χ3n) is 5.77. The first-order valence-electron chi connectivity index (χ1n) is 10.0. The number of likely N-dealkylation sites (tertiary alicyclic amines) is 1. The van der Waals surface area contributed by atoms with Gasteiger partial charge in [-0.05, 0) is 31.4 Å². The van der Waals surface area contributed by atoms with E-state index in [1.807, 2.05) is 17.9 Å². The van der Waals surface area contributed by atoms with Crippen LogP contribution in [0.15, 0.2) is 30.7 Å². The number of fused-ring (bicyclic) bond motifs is 1. The van der Waals surface area contributed by atoms with Crippen LogP contribution in [0.2, 0.25) is 0 Å². The number of rotatable bonds is 5. The molecule has 2 aliphatic rings. The van der Waals surface area contributed by atoms with Gasteiger partial charge < -0.3 is 20.9 Å². The maximum absolute atomic E-state index is 13.1. The molecule has 0 aliphatic carbocycles. The van der Waals surface area contributed by atoms with Gasteiger partial charge in [0.1, 0.15) is 11.9 Å². The van der Waals surface area contributed by atoms with Gasteiger partial charge in [0.15, 0.2) is 0 Å². The van der Waals surface area contributed by atoms with E-state index >= 15 is 0 Å². The topological polar surface area (TPSA) is 126 Å². The van der Waals surface area contributed by atoms with Crippen LogP contribution >= 0.6 is 0 Å². The molecule has 1 saturated heterocycles. The molecule has 2 aromatic rings. The number of pyridine rings is 1. The van der Waals surface area contributed by atoms with Gasteiger partial charge >= 0.3 is 12.1 Å². The lowest BCUT2D eigenvalue weighted by molar-refractivity contribution is -0.134. The van der Waals surface area contributed by atoms with Crippen LogP contribution in [0.4, 0.5) is 9.59 Å². The van der Waals surface area contributed by atoms with E-state index < -0.39 is 12.1 Å². The van der Waals surface area contributed by atoms with Crippen molar-refractivity contribution in [3.8, 4) is 0 Å². The molecule has 2 aliphatic heterocycles. The number of carbonyl (C=O) groups is 3. The zero-order chi connectivity index (χ0) is 21.3. The first-order chi connectivity index (χ1) is 14.4. The summed E-state index contributed by atoms with van der Waals surface area (Å²) in [6, 6.07) is 2.18. The summed E-state index contributed by atoms with van der Waals surface area (Å²) in [6.45, 7) is 3.40. The molecule has 0 saturated carbocycles. The lowest BCUT2D eigenvalue weighted by Gasteiger charge is -2.37. The van der Waals surface area contributed by atoms with E-state index in [1.54, 1.807) is 34.1 Å². The summed E-state index contributed by atoms with van der Waals surface area (Å²) in [7, 11) is 0. The number of hydrogen-bond donors (Lipinski definition) is 2. The number of nitrogens with one attached hydrogen (secondary N) is 1. The number of piperidine rings is 1. The first kappa shape index (κ1) is 19.9. The second-order valence-electron chi connectivity index (χ2n) is 7.73. The number of aromatic nitrogens is 3. The van der Waals surface area contributed by atoms with Crippen LogP contribution in [-0.4, -0.2) is 67.5 Å². The fraction of sp³-hybridized carbons (Fsp3) is 0.450. The predicted octanol–water partition coefficient (Wildman–Crippen LogP) is 0.641. The van der Waals surface area contributed by atoms with Gasteiger partial charge in [0.2, 0.25) is 5.91 Å². The highest BCUT2D eigenvalue weighted by atomic mass is 16.2. The Morgan fingerprint density at radius 3 is 2.70 bits per heavy atom. The average Bonchev–Trinajstić information content (AvgIpc) is 3.27. The minimum atomic E-state index is -0.744. The van der Waals surface area contributed by atoms with Crippen molar-refractivity contribution < 1.29 is 14.4 Å². The minimum Gasteiger partial charge on any atom is -0.352 e. The highest BCUT2D eigenvalue weighted by Gasteiger charge is 2.37. The Hall–Kier alpha value is -3.43. The van der Waals surface area contributed by atoms with Crippen LogP contribution in [0.1, 0.15) is 29.9 Å². The first-order valence-corrected chi connectivity index (χ1v) is 10.0. The Kier molecular flexibility index (Phi) is 5.39. The van der Waals surface area contributed by atoms with E-state index in [2.05, 4.69) is 15.3 Å². The van der Waals surface area contributed by atoms with Crippen molar-refractivity contribution in [1.82, 2.24) is 29.7 Å². The predicted molar refractivity (Wildman–Crippen MR) is 107 cm³/mol. The molecule has 1 atom stereocenters. The summed E-state index contributed by atoms with van der Waals surface area (Å²) in [6.07, 6.45) is 6.75. The highest BCUT2D eigenvalue weighted by molar-refractivity contribution is 5.87. The number of carbonyl (C=O) groups excluding carboxylic acids is 3. The summed E-state index contributed by atoms with van der Waals surface area (Å²) in [5, 5.41) is 2.56. The second-order valence-corrected chi connectivity index (χ2v) is 7.73. The van der Waals surface area contributed by atoms with Gasteiger partial charge in [-0.3, -0.25) is 14.3 Å². The molecule has 0 radical (unpaired) electrons. The van der Waals surface area contributed by atoms with E-state index in [4.69, 9.17) is 5.73 Å². The number of hydrogen-bond acceptors (Lipinski definition) is 5. The number of primary amides is 1. The molecule has 4 heterocycles. The molecule has 2 aromatic heterocycles. The molecule has 30 heavy (non-hydrogen) atoms. The third kappa shape index (κ3) is 3.85. The van der Waals surface area contributed by atoms with E-state index in [1.165, 1.54) is 0 Å². The van der Waals surface area contributed by atoms with Crippen LogP contribution in [0.3, 0.4) is 0 Å². The highest BCUT2D eigenvalue weighted by Crippen LogP contribution is 2.26. The summed E-state index contributed by atoms with van der Waals surface area (Å²) in [5.41, 5.74) is 7.03. The van der Waals surface area contributed by atoms with Gasteiger partial charge in [-0.2, -0.15) is 0 Å². The molecule has 4 rings (SSSR count).